The van der Waals surface area contributed by atoms with Crippen LogP contribution in [0.3, 0.4) is 0 Å². The minimum atomic E-state index is 0.227. The number of rotatable bonds is 3. The van der Waals surface area contributed by atoms with Gasteiger partial charge in [-0.15, -0.1) is 0 Å². The second-order valence-electron chi connectivity index (χ2n) is 5.77. The van der Waals surface area contributed by atoms with Gasteiger partial charge in [-0.3, -0.25) is 0 Å². The van der Waals surface area contributed by atoms with Gasteiger partial charge in [0.05, 0.1) is 4.47 Å². The predicted octanol–water partition coefficient (Wildman–Crippen LogP) is 5.93. The third-order valence-electron chi connectivity index (χ3n) is 4.73. The fourth-order valence-corrected chi connectivity index (χ4v) is 4.40. The van der Waals surface area contributed by atoms with Crippen LogP contribution in [0.1, 0.15) is 26.7 Å². The molecule has 1 fully saturated rings. The number of ether oxygens (including phenoxy) is 1. The minimum Gasteiger partial charge on any atom is -0.489 e. The van der Waals surface area contributed by atoms with Gasteiger partial charge in [0.1, 0.15) is 11.9 Å². The topological polar surface area (TPSA) is 9.23 Å². The van der Waals surface area contributed by atoms with Crippen LogP contribution in [0.2, 0.25) is 0 Å². The summed E-state index contributed by atoms with van der Waals surface area (Å²) in [6.45, 7) is 4.54. The highest BCUT2D eigenvalue weighted by molar-refractivity contribution is 9.10. The summed E-state index contributed by atoms with van der Waals surface area (Å²) in [6, 6.07) is 12.6. The van der Waals surface area contributed by atoms with E-state index in [2.05, 4.69) is 82.1 Å². The zero-order valence-electron chi connectivity index (χ0n) is 11.7. The molecule has 3 unspecified atom stereocenters. The first-order valence-electron chi connectivity index (χ1n) is 7.04. The highest BCUT2D eigenvalue weighted by Crippen LogP contribution is 2.50. The van der Waals surface area contributed by atoms with E-state index in [1.807, 2.05) is 0 Å². The highest BCUT2D eigenvalue weighted by Gasteiger charge is 2.51. The zero-order valence-corrected chi connectivity index (χ0v) is 14.9. The van der Waals surface area contributed by atoms with Crippen LogP contribution in [0, 0.1) is 5.41 Å². The van der Waals surface area contributed by atoms with Crippen molar-refractivity contribution in [3.8, 4) is 5.75 Å². The normalized spacial score (nSPS) is 29.2. The molecule has 0 bridgehead atoms. The molecule has 3 rings (SSSR count). The van der Waals surface area contributed by atoms with Gasteiger partial charge in [0.2, 0.25) is 0 Å². The van der Waals surface area contributed by atoms with Crippen LogP contribution in [0.4, 0.5) is 0 Å². The third kappa shape index (κ3) is 2.19. The van der Waals surface area contributed by atoms with Crippen molar-refractivity contribution in [3.05, 3.63) is 40.9 Å². The number of hydrogen-bond donors (Lipinski definition) is 0. The molecule has 2 aromatic rings. The molecule has 1 aliphatic carbocycles. The van der Waals surface area contributed by atoms with E-state index < -0.39 is 0 Å². The fraction of sp³-hybridized carbons (Fsp3) is 0.412. The molecule has 20 heavy (non-hydrogen) atoms. The zero-order chi connectivity index (χ0) is 14.3. The average Bonchev–Trinajstić information content (AvgIpc) is 2.48. The van der Waals surface area contributed by atoms with Gasteiger partial charge < -0.3 is 4.74 Å². The Kier molecular flexibility index (Phi) is 3.85. The average molecular weight is 398 g/mol. The van der Waals surface area contributed by atoms with E-state index in [0.29, 0.717) is 4.83 Å². The lowest BCUT2D eigenvalue weighted by Crippen LogP contribution is -2.54. The van der Waals surface area contributed by atoms with Crippen LogP contribution in [0.25, 0.3) is 10.8 Å². The first kappa shape index (κ1) is 14.4. The van der Waals surface area contributed by atoms with Gasteiger partial charge >= 0.3 is 0 Å². The summed E-state index contributed by atoms with van der Waals surface area (Å²) in [5.41, 5.74) is 0.227. The van der Waals surface area contributed by atoms with E-state index in [1.165, 1.54) is 10.8 Å². The SMILES string of the molecule is CCC1(C)C(Br)CC1Oc1ccc2ccccc2c1Br. The molecule has 1 aliphatic rings. The summed E-state index contributed by atoms with van der Waals surface area (Å²) in [5.74, 6) is 0.952. The van der Waals surface area contributed by atoms with Crippen LogP contribution in [0.5, 0.6) is 5.75 Å². The molecule has 2 aromatic carbocycles. The summed E-state index contributed by atoms with van der Waals surface area (Å²) in [6.07, 6.45) is 2.48. The molecule has 3 atom stereocenters. The van der Waals surface area contributed by atoms with E-state index in [-0.39, 0.29) is 11.5 Å². The van der Waals surface area contributed by atoms with Gasteiger partial charge in [0.15, 0.2) is 0 Å². The van der Waals surface area contributed by atoms with Gasteiger partial charge in [-0.25, -0.2) is 0 Å². The third-order valence-corrected chi connectivity index (χ3v) is 6.97. The van der Waals surface area contributed by atoms with Crippen molar-refractivity contribution in [2.75, 3.05) is 0 Å². The minimum absolute atomic E-state index is 0.227. The number of hydrogen-bond acceptors (Lipinski definition) is 1. The molecule has 106 valence electrons. The molecule has 0 heterocycles. The number of fused-ring (bicyclic) bond motifs is 1. The Balaban J connectivity index is 1.91. The van der Waals surface area contributed by atoms with Crippen molar-refractivity contribution in [1.29, 1.82) is 0 Å². The number of halogens is 2. The lowest BCUT2D eigenvalue weighted by Gasteiger charge is -2.50. The van der Waals surface area contributed by atoms with Gasteiger partial charge in [-0.1, -0.05) is 60.1 Å². The summed E-state index contributed by atoms with van der Waals surface area (Å²) in [5, 5.41) is 2.44. The largest absolute Gasteiger partial charge is 0.489 e. The van der Waals surface area contributed by atoms with Gasteiger partial charge in [-0.2, -0.15) is 0 Å². The summed E-state index contributed by atoms with van der Waals surface area (Å²) < 4.78 is 7.35. The van der Waals surface area contributed by atoms with Gasteiger partial charge in [-0.05, 0) is 45.6 Å². The Morgan fingerprint density at radius 3 is 2.70 bits per heavy atom. The van der Waals surface area contributed by atoms with Crippen LogP contribution in [-0.2, 0) is 0 Å². The lowest BCUT2D eigenvalue weighted by atomic mass is 9.65. The number of benzene rings is 2. The lowest BCUT2D eigenvalue weighted by molar-refractivity contribution is -0.0246. The Morgan fingerprint density at radius 1 is 1.25 bits per heavy atom. The first-order valence-corrected chi connectivity index (χ1v) is 8.75. The molecule has 0 amide bonds. The molecule has 1 saturated carbocycles. The van der Waals surface area contributed by atoms with Gasteiger partial charge in [0.25, 0.3) is 0 Å². The molecule has 0 N–H and O–H groups in total. The molecular weight excluding hydrogens is 380 g/mol. The Hall–Kier alpha value is -0.540. The van der Waals surface area contributed by atoms with Crippen LogP contribution < -0.4 is 4.74 Å². The Labute approximate surface area is 137 Å². The maximum atomic E-state index is 6.29. The highest BCUT2D eigenvalue weighted by atomic mass is 79.9. The van der Waals surface area contributed by atoms with Crippen molar-refractivity contribution < 1.29 is 4.74 Å². The molecule has 0 aromatic heterocycles. The van der Waals surface area contributed by atoms with Crippen molar-refractivity contribution in [2.24, 2.45) is 5.41 Å². The van der Waals surface area contributed by atoms with E-state index in [4.69, 9.17) is 4.74 Å². The summed E-state index contributed by atoms with van der Waals surface area (Å²) >= 11 is 7.46. The molecule has 0 radical (unpaired) electrons. The standard InChI is InChI=1S/C17H18Br2O/c1-3-17(2)14(18)10-15(17)20-13-9-8-11-6-4-5-7-12(11)16(13)19/h4-9,14-15H,3,10H2,1-2H3. The first-order chi connectivity index (χ1) is 9.56. The van der Waals surface area contributed by atoms with E-state index in [9.17, 15) is 0 Å². The molecule has 1 nitrogen and oxygen atoms in total. The van der Waals surface area contributed by atoms with E-state index in [1.54, 1.807) is 0 Å². The van der Waals surface area contributed by atoms with Crippen molar-refractivity contribution in [1.82, 2.24) is 0 Å². The monoisotopic (exact) mass is 396 g/mol. The summed E-state index contributed by atoms with van der Waals surface area (Å²) in [4.78, 5) is 0.559. The van der Waals surface area contributed by atoms with Gasteiger partial charge in [0, 0.05) is 10.2 Å². The molecular formula is C17H18Br2O. The Bertz CT molecular complexity index is 640. The van der Waals surface area contributed by atoms with Crippen LogP contribution in [-0.4, -0.2) is 10.9 Å². The smallest absolute Gasteiger partial charge is 0.134 e. The van der Waals surface area contributed by atoms with Crippen LogP contribution >= 0.6 is 31.9 Å². The van der Waals surface area contributed by atoms with E-state index in [0.717, 1.165) is 23.1 Å². The summed E-state index contributed by atoms with van der Waals surface area (Å²) in [7, 11) is 0. The fourth-order valence-electron chi connectivity index (χ4n) is 2.86. The maximum Gasteiger partial charge on any atom is 0.134 e. The van der Waals surface area contributed by atoms with Crippen molar-refractivity contribution in [3.63, 3.8) is 0 Å². The maximum absolute atomic E-state index is 6.29. The Morgan fingerprint density at radius 2 is 2.00 bits per heavy atom. The van der Waals surface area contributed by atoms with Crippen molar-refractivity contribution >= 4 is 42.6 Å². The number of alkyl halides is 1. The molecule has 0 spiro atoms. The molecule has 0 aliphatic heterocycles. The molecule has 3 heteroatoms. The van der Waals surface area contributed by atoms with E-state index >= 15 is 0 Å². The van der Waals surface area contributed by atoms with Crippen molar-refractivity contribution in [2.45, 2.75) is 37.6 Å². The predicted molar refractivity (Wildman–Crippen MR) is 91.8 cm³/mol. The second kappa shape index (κ2) is 5.34. The molecule has 0 saturated heterocycles. The van der Waals surface area contributed by atoms with Crippen LogP contribution in [0.15, 0.2) is 40.9 Å². The second-order valence-corrected chi connectivity index (χ2v) is 7.67. The quantitative estimate of drug-likeness (QED) is 0.583.